The minimum absolute atomic E-state index is 0.0196. The van der Waals surface area contributed by atoms with Gasteiger partial charge in [-0.05, 0) is 422 Å². The second-order valence-electron chi connectivity index (χ2n) is 46.3. The van der Waals surface area contributed by atoms with E-state index in [0.717, 1.165) is 68.4 Å². The van der Waals surface area contributed by atoms with Crippen LogP contribution in [0.5, 0.6) is 11.5 Å². The predicted octanol–water partition coefficient (Wildman–Crippen LogP) is 25.5. The Morgan fingerprint density at radius 3 is 1.08 bits per heavy atom. The summed E-state index contributed by atoms with van der Waals surface area (Å²) < 4.78 is 57.1. The number of aliphatic hydroxyl groups is 3. The van der Waals surface area contributed by atoms with E-state index in [1.807, 2.05) is 48.5 Å². The average Bonchev–Trinajstić information content (AvgIpc) is 1.50. The van der Waals surface area contributed by atoms with Crippen LogP contribution in [0.3, 0.4) is 0 Å². The smallest absolute Gasteiger partial charge is 0.358 e. The zero-order chi connectivity index (χ0) is 86.6. The van der Waals surface area contributed by atoms with Gasteiger partial charge >= 0.3 is 5.24 Å². The van der Waals surface area contributed by atoms with Crippen molar-refractivity contribution in [2.45, 2.75) is 396 Å². The van der Waals surface area contributed by atoms with E-state index in [9.17, 15) is 15.3 Å². The lowest BCUT2D eigenvalue weighted by Gasteiger charge is -2.63. The van der Waals surface area contributed by atoms with Crippen LogP contribution >= 0.6 is 36.0 Å². The van der Waals surface area contributed by atoms with E-state index in [0.29, 0.717) is 117 Å². The van der Waals surface area contributed by atoms with Gasteiger partial charge in [-0.1, -0.05) is 164 Å². The number of hydrogen-bond donors (Lipinski definition) is 3. The van der Waals surface area contributed by atoms with Crippen molar-refractivity contribution >= 4 is 45.8 Å². The molecule has 19 aliphatic rings. The number of aliphatic hydroxyl groups excluding tert-OH is 3. The van der Waals surface area contributed by atoms with Gasteiger partial charge in [0.25, 0.3) is 4.51 Å². The summed E-state index contributed by atoms with van der Waals surface area (Å²) in [5.74, 6) is 9.56. The van der Waals surface area contributed by atoms with Crippen LogP contribution in [0, 0.1) is 138 Å². The van der Waals surface area contributed by atoms with Crippen LogP contribution in [-0.2, 0) is 33.2 Å². The minimum atomic E-state index is -0.541. The molecule has 122 heavy (non-hydrogen) atoms. The molecule has 16 unspecified atom stereocenters. The van der Waals surface area contributed by atoms with E-state index in [4.69, 9.17) is 66.5 Å². The first-order valence-electron chi connectivity index (χ1n) is 49.5. The van der Waals surface area contributed by atoms with Crippen LogP contribution in [-0.4, -0.2) is 103 Å². The fourth-order valence-corrected chi connectivity index (χ4v) is 35.0. The van der Waals surface area contributed by atoms with Crippen molar-refractivity contribution in [3.8, 4) is 11.5 Å². The second kappa shape index (κ2) is 33.9. The molecule has 19 fully saturated rings. The number of allylic oxidation sites excluding steroid dienone is 8. The van der Waals surface area contributed by atoms with Gasteiger partial charge in [-0.2, -0.15) is 0 Å². The zero-order valence-corrected chi connectivity index (χ0v) is 80.4. The summed E-state index contributed by atoms with van der Waals surface area (Å²) >= 11 is 15.3. The summed E-state index contributed by atoms with van der Waals surface area (Å²) in [7, 11) is 0. The summed E-state index contributed by atoms with van der Waals surface area (Å²) in [6.45, 7) is 41.8. The quantitative estimate of drug-likeness (QED) is 0.152. The Morgan fingerprint density at radius 2 is 0.680 bits per heavy atom. The van der Waals surface area contributed by atoms with Crippen molar-refractivity contribution in [1.82, 2.24) is 0 Å². The molecule has 0 bridgehead atoms. The number of halogens is 1. The zero-order valence-electron chi connectivity index (χ0n) is 78.0. The van der Waals surface area contributed by atoms with Crippen LogP contribution in [0.4, 0.5) is 0 Å². The lowest BCUT2D eigenvalue weighted by atomic mass is 9.43. The second-order valence-corrected chi connectivity index (χ2v) is 47.5. The summed E-state index contributed by atoms with van der Waals surface area (Å²) in [5.41, 5.74) is 9.30. The normalized spacial score (nSPS) is 50.0. The number of fused-ring (bicyclic) bond motifs is 29. The molecule has 3 heterocycles. The lowest BCUT2D eigenvalue weighted by molar-refractivity contribution is -0.209. The highest BCUT2D eigenvalue weighted by molar-refractivity contribution is 7.82. The van der Waals surface area contributed by atoms with Crippen LogP contribution in [0.2, 0.25) is 0 Å². The van der Waals surface area contributed by atoms with Gasteiger partial charge in [0.1, 0.15) is 17.6 Å². The molecule has 15 heteroatoms. The molecule has 2 aromatic carbocycles. The first-order chi connectivity index (χ1) is 57.9. The molecule has 0 aromatic heterocycles. The van der Waals surface area contributed by atoms with Gasteiger partial charge in [0.2, 0.25) is 0 Å². The van der Waals surface area contributed by atoms with Crippen LogP contribution in [0.25, 0.3) is 0 Å². The number of benzene rings is 2. The predicted molar refractivity (Wildman–Crippen MR) is 494 cm³/mol. The highest BCUT2D eigenvalue weighted by atomic mass is 35.5. The van der Waals surface area contributed by atoms with Crippen LogP contribution in [0.15, 0.2) is 107 Å². The van der Waals surface area contributed by atoms with Crippen molar-refractivity contribution in [3.63, 3.8) is 0 Å². The van der Waals surface area contributed by atoms with Gasteiger partial charge < -0.3 is 58.0 Å². The van der Waals surface area contributed by atoms with Crippen LogP contribution in [0.1, 0.15) is 317 Å². The molecular weight excluding hydrogens is 1580 g/mol. The maximum atomic E-state index is 11.1. The molecule has 676 valence electrons. The molecule has 2 aromatic rings. The fraction of sp³-hybridized carbons (Fsp3) is 0.794. The molecule has 16 aliphatic carbocycles. The maximum Gasteiger partial charge on any atom is 0.358 e. The molecule has 0 spiro atoms. The summed E-state index contributed by atoms with van der Waals surface area (Å²) in [6, 6.07) is 18.8. The van der Waals surface area contributed by atoms with Crippen molar-refractivity contribution in [1.29, 1.82) is 0 Å². The van der Waals surface area contributed by atoms with E-state index >= 15 is 0 Å². The third-order valence-electron chi connectivity index (χ3n) is 40.0. The monoisotopic (exact) mass is 1730 g/mol. The first-order valence-corrected chi connectivity index (χ1v) is 50.7. The van der Waals surface area contributed by atoms with E-state index in [2.05, 4.69) is 161 Å². The summed E-state index contributed by atoms with van der Waals surface area (Å²) in [4.78, 5) is 0. The van der Waals surface area contributed by atoms with Gasteiger partial charge in [-0.3, -0.25) is 0 Å². The standard InChI is InChI=1S/C31H42O4S.C24H38O3.C24H38O2.C21H34O2.C7H5ClOS/c1-6-19-12-13-22-25-23(15-17-30(19,22)4)31(5)16-14-21(33-28(36)32-20-10-8-7-9-11-20)18-24(31)26-27(25)35-29(2,3)34-26;1-6-14-7-8-16-19-17(10-12-23(14,16)4)24(5)11-9-15(25)13-18(24)20-21(19)27-22(2,3)26-20;1-6-15-10-11-16-19-17(12-14-23(15,16)4)24(5)13-8-7-9-18(24)20-21(19)26-22(2,3)25-20;1-4-13-8-9-14-17-15(10-12-20(13,14)2)21(3)11-6-5-7-16(21)18(22)19(17)23;8-7(10)9-6-4-2-1-3-5-6/h6-11,21-27H,12-18H2,1-5H3;6,15-21,25H,7-13H2,1-5H3;6,16-21H,7-14H2,1-5H3;4,14-19,22-23H,5-12H2,1-3H3;1-5H/b19-6-;14-6-;15-6-;13-4-;/t21-,22?,23?,24?,25?,26+,27+,30+,31+;15-,16?,17?,18?,19?,20+,21+,23+,24+;16?,17?,18?,19?,20-,21-,23-,24-;14?,15?,16?,17?,18-,19-,20-,21-;/m0011./s1. The molecule has 16 saturated carbocycles. The first kappa shape index (κ1) is 90.8. The number of rotatable bonds is 3. The Balaban J connectivity index is 0.000000113. The summed E-state index contributed by atoms with van der Waals surface area (Å²) in [6.07, 6.45) is 47.0. The molecule has 34 atom stereocenters. The van der Waals surface area contributed by atoms with Gasteiger partial charge in [-0.25, -0.2) is 0 Å². The highest BCUT2D eigenvalue weighted by Crippen LogP contribution is 2.75. The molecule has 12 nitrogen and oxygen atoms in total. The van der Waals surface area contributed by atoms with E-state index in [1.165, 1.54) is 148 Å². The number of para-hydroxylation sites is 2. The van der Waals surface area contributed by atoms with Crippen molar-refractivity contribution < 1.29 is 58.0 Å². The lowest BCUT2D eigenvalue weighted by Crippen LogP contribution is -2.63. The highest BCUT2D eigenvalue weighted by Gasteiger charge is 2.73. The van der Waals surface area contributed by atoms with Crippen molar-refractivity contribution in [2.75, 3.05) is 0 Å². The van der Waals surface area contributed by atoms with Crippen molar-refractivity contribution in [3.05, 3.63) is 107 Å². The minimum Gasteiger partial charge on any atom is -0.453 e. The van der Waals surface area contributed by atoms with Gasteiger partial charge in [-0.15, -0.1) is 0 Å². The number of thiocarbonyl (C=S) groups is 2. The maximum absolute atomic E-state index is 11.1. The van der Waals surface area contributed by atoms with Gasteiger partial charge in [0.15, 0.2) is 17.4 Å². The molecule has 3 aliphatic heterocycles. The topological polar surface area (TPSA) is 144 Å². The van der Waals surface area contributed by atoms with Gasteiger partial charge in [0, 0.05) is 12.2 Å². The third-order valence-corrected chi connectivity index (χ3v) is 40.4. The molecular formula is C107H157ClO12S2. The van der Waals surface area contributed by atoms with E-state index in [-0.39, 0.29) is 68.0 Å². The Hall–Kier alpha value is -3.09. The molecule has 0 amide bonds. The Bertz CT molecular complexity index is 4230. The van der Waals surface area contributed by atoms with Crippen molar-refractivity contribution in [2.24, 2.45) is 138 Å². The average molecular weight is 1740 g/mol. The van der Waals surface area contributed by atoms with E-state index in [1.54, 1.807) is 34.4 Å². The number of ether oxygens (including phenoxy) is 9. The molecule has 21 rings (SSSR count). The Labute approximate surface area is 751 Å². The molecule has 0 radical (unpaired) electrons. The molecule has 3 saturated heterocycles. The molecule has 3 N–H and O–H groups in total. The summed E-state index contributed by atoms with van der Waals surface area (Å²) in [5, 5.41) is 32.7. The third kappa shape index (κ3) is 15.4. The van der Waals surface area contributed by atoms with E-state index < -0.39 is 29.6 Å². The Kier molecular flexibility index (Phi) is 25.3. The Morgan fingerprint density at radius 1 is 0.344 bits per heavy atom. The number of hydrogen-bond acceptors (Lipinski definition) is 14. The van der Waals surface area contributed by atoms with Gasteiger partial charge in [0.05, 0.1) is 54.9 Å². The SMILES string of the molecule is C/C=C1/CCC2C3C(CC[C@]12C)[C@@]1(C)CCCCC1[C@@H](O)[C@@H]3O.C/C=C1/CCC2C3C(CC[C@]12C)[C@@]1(C)CCCCC1[C@H]1OC(C)(C)O[C@H]31.C/C=C1/CCC2C3C(CC[C@]12C)[C@@]1(C)CC[C@H](O)CC1[C@H]1OC(C)(C)O[C@H]31.C/C=C1/CCC2C3C(CC[C@]12C)[C@@]1(C)CC[C@H](OC(=S)Oc2ccccc2)CC1[C@H]1OC(C)(C)O[C@H]31.S=C(Cl)Oc1ccccc1. The largest absolute Gasteiger partial charge is 0.453 e. The fourth-order valence-electron chi connectivity index (χ4n) is 34.6. The van der Waals surface area contributed by atoms with Crippen LogP contribution < -0.4 is 9.47 Å².